The molecule has 1 aliphatic rings. The van der Waals surface area contributed by atoms with Crippen molar-refractivity contribution in [2.75, 3.05) is 18.5 Å². The van der Waals surface area contributed by atoms with Crippen LogP contribution in [-0.2, 0) is 19.1 Å². The molecule has 2 heterocycles. The van der Waals surface area contributed by atoms with Gasteiger partial charge in [-0.3, -0.25) is 0 Å². The fraction of sp³-hybridized carbons (Fsp3) is 0.206. The second kappa shape index (κ2) is 13.4. The number of para-hydroxylation sites is 2. The Balaban J connectivity index is 1.45. The van der Waals surface area contributed by atoms with Gasteiger partial charge in [0.15, 0.2) is 5.13 Å². The Morgan fingerprint density at radius 2 is 1.40 bits per heavy atom. The van der Waals surface area contributed by atoms with E-state index in [-0.39, 0.29) is 13.2 Å². The van der Waals surface area contributed by atoms with Gasteiger partial charge < -0.3 is 24.8 Å². The molecule has 0 amide bonds. The maximum atomic E-state index is 13.2. The van der Waals surface area contributed by atoms with Gasteiger partial charge >= 0.3 is 11.9 Å². The zero-order valence-corrected chi connectivity index (χ0v) is 25.3. The van der Waals surface area contributed by atoms with Crippen molar-refractivity contribution in [3.8, 4) is 22.8 Å². The second-order valence-electron chi connectivity index (χ2n) is 9.77. The molecule has 2 N–H and O–H groups in total. The molecule has 0 spiro atoms. The Kier molecular flexibility index (Phi) is 9.22. The third-order valence-corrected chi connectivity index (χ3v) is 7.66. The lowest BCUT2D eigenvalue weighted by molar-refractivity contribution is -0.139. The van der Waals surface area contributed by atoms with E-state index in [9.17, 15) is 9.59 Å². The minimum Gasteiger partial charge on any atom is -0.463 e. The number of benzene rings is 3. The van der Waals surface area contributed by atoms with Crippen molar-refractivity contribution in [2.45, 2.75) is 33.6 Å². The lowest BCUT2D eigenvalue weighted by Crippen LogP contribution is -2.32. The Bertz CT molecular complexity index is 1640. The number of carbonyl (C=O) groups is 2. The summed E-state index contributed by atoms with van der Waals surface area (Å²) < 4.78 is 16.8. The fourth-order valence-electron chi connectivity index (χ4n) is 5.02. The first-order chi connectivity index (χ1) is 20.9. The highest BCUT2D eigenvalue weighted by Crippen LogP contribution is 2.43. The van der Waals surface area contributed by atoms with E-state index >= 15 is 0 Å². The van der Waals surface area contributed by atoms with Crippen molar-refractivity contribution >= 4 is 34.1 Å². The Morgan fingerprint density at radius 1 is 0.814 bits per heavy atom. The topological polar surface area (TPSA) is 98.8 Å². The van der Waals surface area contributed by atoms with E-state index in [1.54, 1.807) is 13.8 Å². The molecule has 0 saturated heterocycles. The number of carbonyl (C=O) groups excluding carboxylic acids is 2. The molecule has 9 heteroatoms. The molecule has 1 aliphatic heterocycles. The molecule has 0 unspecified atom stereocenters. The number of allylic oxidation sites excluding steroid dienone is 2. The molecule has 3 aromatic carbocycles. The van der Waals surface area contributed by atoms with Crippen LogP contribution in [0.25, 0.3) is 11.3 Å². The van der Waals surface area contributed by atoms with Crippen LogP contribution in [0.1, 0.15) is 39.2 Å². The van der Waals surface area contributed by atoms with Gasteiger partial charge in [-0.1, -0.05) is 36.4 Å². The summed E-state index contributed by atoms with van der Waals surface area (Å²) in [4.78, 5) is 31.3. The molecule has 0 atom stereocenters. The Labute approximate surface area is 255 Å². The van der Waals surface area contributed by atoms with Gasteiger partial charge in [0, 0.05) is 28.0 Å². The quantitative estimate of drug-likeness (QED) is 0.180. The van der Waals surface area contributed by atoms with Crippen LogP contribution in [0.4, 0.5) is 10.8 Å². The van der Waals surface area contributed by atoms with Crippen LogP contribution in [0.15, 0.2) is 107 Å². The molecule has 8 nitrogen and oxygen atoms in total. The third kappa shape index (κ3) is 6.62. The zero-order valence-electron chi connectivity index (χ0n) is 24.5. The van der Waals surface area contributed by atoms with Crippen molar-refractivity contribution in [2.24, 2.45) is 0 Å². The molecule has 0 fully saturated rings. The summed E-state index contributed by atoms with van der Waals surface area (Å²) in [7, 11) is 0. The van der Waals surface area contributed by atoms with Crippen LogP contribution in [0.5, 0.6) is 11.5 Å². The predicted octanol–water partition coefficient (Wildman–Crippen LogP) is 7.71. The lowest BCUT2D eigenvalue weighted by atomic mass is 9.79. The van der Waals surface area contributed by atoms with E-state index in [2.05, 4.69) is 10.6 Å². The van der Waals surface area contributed by atoms with E-state index in [4.69, 9.17) is 19.2 Å². The number of rotatable bonds is 10. The number of dihydropyridines is 1. The zero-order chi connectivity index (χ0) is 30.3. The molecule has 5 rings (SSSR count). The molecule has 1 aromatic heterocycles. The number of nitrogens with one attached hydrogen (secondary N) is 2. The number of ether oxygens (including phenoxy) is 3. The van der Waals surface area contributed by atoms with Gasteiger partial charge in [0.05, 0.1) is 36.0 Å². The summed E-state index contributed by atoms with van der Waals surface area (Å²) in [6.45, 7) is 7.55. The molecule has 4 aromatic rings. The highest BCUT2D eigenvalue weighted by molar-refractivity contribution is 7.14. The number of hydrogen-bond donors (Lipinski definition) is 2. The lowest BCUT2D eigenvalue weighted by Gasteiger charge is -2.31. The molecule has 43 heavy (non-hydrogen) atoms. The third-order valence-electron chi connectivity index (χ3n) is 6.90. The van der Waals surface area contributed by atoms with Crippen LogP contribution in [0.3, 0.4) is 0 Å². The summed E-state index contributed by atoms with van der Waals surface area (Å²) in [6, 6.07) is 25.0. The molecular weight excluding hydrogens is 562 g/mol. The van der Waals surface area contributed by atoms with Gasteiger partial charge in [-0.05, 0) is 75.7 Å². The summed E-state index contributed by atoms with van der Waals surface area (Å²) in [5.74, 6) is -0.175. The molecule has 0 aliphatic carbocycles. The van der Waals surface area contributed by atoms with E-state index in [1.807, 2.05) is 98.1 Å². The van der Waals surface area contributed by atoms with Gasteiger partial charge in [-0.25, -0.2) is 14.6 Å². The Hall–Kier alpha value is -4.89. The van der Waals surface area contributed by atoms with Crippen molar-refractivity contribution in [1.82, 2.24) is 10.3 Å². The monoisotopic (exact) mass is 595 g/mol. The van der Waals surface area contributed by atoms with Crippen LogP contribution in [-0.4, -0.2) is 30.1 Å². The minimum absolute atomic E-state index is 0.209. The smallest absolute Gasteiger partial charge is 0.336 e. The maximum Gasteiger partial charge on any atom is 0.336 e. The number of thiazole rings is 1. The number of aromatic nitrogens is 1. The second-order valence-corrected chi connectivity index (χ2v) is 10.6. The first kappa shape index (κ1) is 29.6. The summed E-state index contributed by atoms with van der Waals surface area (Å²) in [5.41, 5.74) is 5.18. The average molecular weight is 596 g/mol. The normalized spacial score (nSPS) is 13.4. The van der Waals surface area contributed by atoms with Crippen molar-refractivity contribution in [3.63, 3.8) is 0 Å². The summed E-state index contributed by atoms with van der Waals surface area (Å²) in [5, 5.41) is 9.25. The molecule has 220 valence electrons. The largest absolute Gasteiger partial charge is 0.463 e. The van der Waals surface area contributed by atoms with Crippen LogP contribution in [0, 0.1) is 0 Å². The highest BCUT2D eigenvalue weighted by Gasteiger charge is 2.39. The van der Waals surface area contributed by atoms with Gasteiger partial charge in [0.2, 0.25) is 0 Å². The van der Waals surface area contributed by atoms with E-state index in [0.29, 0.717) is 33.4 Å². The van der Waals surface area contributed by atoms with Gasteiger partial charge in [0.1, 0.15) is 11.5 Å². The van der Waals surface area contributed by atoms with E-state index in [0.717, 1.165) is 28.3 Å². The van der Waals surface area contributed by atoms with E-state index in [1.165, 1.54) is 11.3 Å². The van der Waals surface area contributed by atoms with Gasteiger partial charge in [-0.15, -0.1) is 11.3 Å². The number of hydrogen-bond acceptors (Lipinski definition) is 9. The molecule has 0 bridgehead atoms. The SMILES string of the molecule is CCOC(=O)C1=C(C)NC(C)=C(C(=O)OCC)C1c1ccccc1Nc1nc(-c2ccc(Oc3ccccc3)cc2)cs1. The fourth-order valence-corrected chi connectivity index (χ4v) is 5.76. The van der Waals surface area contributed by atoms with Crippen LogP contribution < -0.4 is 15.4 Å². The molecule has 0 saturated carbocycles. The predicted molar refractivity (Wildman–Crippen MR) is 168 cm³/mol. The van der Waals surface area contributed by atoms with Crippen molar-refractivity contribution in [3.05, 3.63) is 112 Å². The van der Waals surface area contributed by atoms with Crippen molar-refractivity contribution < 1.29 is 23.8 Å². The van der Waals surface area contributed by atoms with Gasteiger partial charge in [0.25, 0.3) is 0 Å². The number of nitrogens with zero attached hydrogens (tertiary/aromatic N) is 1. The maximum absolute atomic E-state index is 13.2. The van der Waals surface area contributed by atoms with Crippen LogP contribution >= 0.6 is 11.3 Å². The number of esters is 2. The number of anilines is 2. The first-order valence-electron chi connectivity index (χ1n) is 14.1. The summed E-state index contributed by atoms with van der Waals surface area (Å²) in [6.07, 6.45) is 0. The highest BCUT2D eigenvalue weighted by atomic mass is 32.1. The first-order valence-corrected chi connectivity index (χ1v) is 14.9. The Morgan fingerprint density at radius 3 is 2.02 bits per heavy atom. The molecular formula is C34H33N3O5S. The summed E-state index contributed by atoms with van der Waals surface area (Å²) >= 11 is 1.46. The van der Waals surface area contributed by atoms with E-state index < -0.39 is 17.9 Å². The van der Waals surface area contributed by atoms with Crippen LogP contribution in [0.2, 0.25) is 0 Å². The molecule has 0 radical (unpaired) electrons. The van der Waals surface area contributed by atoms with Gasteiger partial charge in [-0.2, -0.15) is 0 Å². The minimum atomic E-state index is -0.709. The standard InChI is InChI=1S/C34H33N3O5S/c1-5-40-32(38)29-21(3)35-22(4)30(33(39)41-6-2)31(29)26-14-10-11-15-27(26)36-34-37-28(20-43-34)23-16-18-25(19-17-23)42-24-12-8-7-9-13-24/h7-20,31,35H,5-6H2,1-4H3,(H,36,37). The average Bonchev–Trinajstić information content (AvgIpc) is 3.46. The van der Waals surface area contributed by atoms with Crippen molar-refractivity contribution in [1.29, 1.82) is 0 Å².